The van der Waals surface area contributed by atoms with Crippen LogP contribution in [-0.2, 0) is 5.75 Å². The van der Waals surface area contributed by atoms with Crippen molar-refractivity contribution in [3.05, 3.63) is 28.2 Å². The van der Waals surface area contributed by atoms with E-state index in [9.17, 15) is 5.26 Å². The SMILES string of the molecule is Cc1nc(C)c(C#N)c(SCc2csc(N(C)C3CC3)n2)n1. The predicted molar refractivity (Wildman–Crippen MR) is 89.3 cm³/mol. The van der Waals surface area contributed by atoms with E-state index in [-0.39, 0.29) is 0 Å². The predicted octanol–water partition coefficient (Wildman–Crippen LogP) is 3.31. The van der Waals surface area contributed by atoms with Crippen LogP contribution >= 0.6 is 23.1 Å². The van der Waals surface area contributed by atoms with Crippen LogP contribution in [0.25, 0.3) is 0 Å². The summed E-state index contributed by atoms with van der Waals surface area (Å²) in [6.45, 7) is 3.70. The van der Waals surface area contributed by atoms with Gasteiger partial charge >= 0.3 is 0 Å². The molecule has 5 nitrogen and oxygen atoms in total. The zero-order valence-corrected chi connectivity index (χ0v) is 14.5. The fourth-order valence-electron chi connectivity index (χ4n) is 2.20. The van der Waals surface area contributed by atoms with Crippen molar-refractivity contribution in [3.8, 4) is 6.07 Å². The molecule has 0 bridgehead atoms. The molecule has 1 aliphatic carbocycles. The molecule has 0 radical (unpaired) electrons. The molecule has 1 aliphatic rings. The van der Waals surface area contributed by atoms with Gasteiger partial charge in [0.05, 0.1) is 11.4 Å². The molecule has 1 fully saturated rings. The van der Waals surface area contributed by atoms with Crippen molar-refractivity contribution in [1.29, 1.82) is 5.26 Å². The van der Waals surface area contributed by atoms with Gasteiger partial charge in [0.15, 0.2) is 5.13 Å². The molecule has 0 unspecified atom stereocenters. The average Bonchev–Trinajstić information content (AvgIpc) is 3.22. The maximum Gasteiger partial charge on any atom is 0.185 e. The van der Waals surface area contributed by atoms with Crippen LogP contribution in [0.2, 0.25) is 0 Å². The van der Waals surface area contributed by atoms with Crippen molar-refractivity contribution < 1.29 is 0 Å². The number of rotatable bonds is 5. The topological polar surface area (TPSA) is 65.7 Å². The van der Waals surface area contributed by atoms with Crippen molar-refractivity contribution in [2.45, 2.75) is 43.5 Å². The van der Waals surface area contributed by atoms with Gasteiger partial charge in [-0.15, -0.1) is 11.3 Å². The van der Waals surface area contributed by atoms with Crippen LogP contribution in [-0.4, -0.2) is 28.0 Å². The Morgan fingerprint density at radius 3 is 2.82 bits per heavy atom. The molecule has 0 amide bonds. The summed E-state index contributed by atoms with van der Waals surface area (Å²) in [6.07, 6.45) is 2.54. The van der Waals surface area contributed by atoms with Gasteiger partial charge in [0.25, 0.3) is 0 Å². The molecule has 2 aromatic rings. The summed E-state index contributed by atoms with van der Waals surface area (Å²) in [6, 6.07) is 2.87. The largest absolute Gasteiger partial charge is 0.348 e. The van der Waals surface area contributed by atoms with E-state index in [0.29, 0.717) is 17.4 Å². The third-order valence-corrected chi connectivity index (χ3v) is 5.56. The third kappa shape index (κ3) is 3.23. The molecule has 114 valence electrons. The first-order valence-electron chi connectivity index (χ1n) is 7.14. The van der Waals surface area contributed by atoms with Gasteiger partial charge < -0.3 is 4.90 Å². The summed E-state index contributed by atoms with van der Waals surface area (Å²) < 4.78 is 0. The van der Waals surface area contributed by atoms with E-state index in [1.54, 1.807) is 23.1 Å². The lowest BCUT2D eigenvalue weighted by molar-refractivity contribution is 0.903. The number of hydrogen-bond donors (Lipinski definition) is 0. The number of aryl methyl sites for hydroxylation is 2. The molecule has 2 heterocycles. The molecule has 0 atom stereocenters. The second-order valence-corrected chi connectivity index (χ2v) is 7.20. The number of nitriles is 1. The number of thioether (sulfide) groups is 1. The zero-order chi connectivity index (χ0) is 15.7. The highest BCUT2D eigenvalue weighted by Crippen LogP contribution is 2.33. The average molecular weight is 331 g/mol. The highest BCUT2D eigenvalue weighted by molar-refractivity contribution is 7.98. The van der Waals surface area contributed by atoms with Gasteiger partial charge in [-0.1, -0.05) is 11.8 Å². The maximum atomic E-state index is 9.27. The van der Waals surface area contributed by atoms with Gasteiger partial charge in [0, 0.05) is 24.2 Å². The van der Waals surface area contributed by atoms with E-state index in [1.165, 1.54) is 12.8 Å². The molecular formula is C15H17N5S2. The first-order valence-corrected chi connectivity index (χ1v) is 9.00. The quantitative estimate of drug-likeness (QED) is 0.618. The van der Waals surface area contributed by atoms with Crippen molar-refractivity contribution >= 4 is 28.2 Å². The van der Waals surface area contributed by atoms with Crippen LogP contribution in [0, 0.1) is 25.2 Å². The first-order chi connectivity index (χ1) is 10.6. The minimum Gasteiger partial charge on any atom is -0.348 e. The van der Waals surface area contributed by atoms with Gasteiger partial charge in [-0.3, -0.25) is 0 Å². The Labute approximate surface area is 138 Å². The van der Waals surface area contributed by atoms with E-state index in [2.05, 4.69) is 38.3 Å². The molecule has 0 aliphatic heterocycles. The lowest BCUT2D eigenvalue weighted by Crippen LogP contribution is -2.18. The molecule has 3 rings (SSSR count). The number of anilines is 1. The molecule has 7 heteroatoms. The Bertz CT molecular complexity index is 730. The van der Waals surface area contributed by atoms with Crippen molar-refractivity contribution in [2.75, 3.05) is 11.9 Å². The summed E-state index contributed by atoms with van der Waals surface area (Å²) in [7, 11) is 2.11. The summed E-state index contributed by atoms with van der Waals surface area (Å²) in [5, 5.41) is 13.2. The maximum absolute atomic E-state index is 9.27. The number of hydrogen-bond acceptors (Lipinski definition) is 7. The normalized spacial score (nSPS) is 13.9. The molecule has 22 heavy (non-hydrogen) atoms. The second-order valence-electron chi connectivity index (χ2n) is 5.40. The Morgan fingerprint density at radius 2 is 2.14 bits per heavy atom. The summed E-state index contributed by atoms with van der Waals surface area (Å²) in [5.74, 6) is 1.42. The summed E-state index contributed by atoms with van der Waals surface area (Å²) in [5.41, 5.74) is 2.35. The van der Waals surface area contributed by atoms with E-state index in [0.717, 1.165) is 27.3 Å². The van der Waals surface area contributed by atoms with Gasteiger partial charge in [0.2, 0.25) is 0 Å². The third-order valence-electron chi connectivity index (χ3n) is 3.57. The van der Waals surface area contributed by atoms with E-state index < -0.39 is 0 Å². The number of aromatic nitrogens is 3. The zero-order valence-electron chi connectivity index (χ0n) is 12.8. The molecule has 0 saturated heterocycles. The van der Waals surface area contributed by atoms with Crippen molar-refractivity contribution in [3.63, 3.8) is 0 Å². The van der Waals surface area contributed by atoms with Crippen molar-refractivity contribution in [1.82, 2.24) is 15.0 Å². The second kappa shape index (κ2) is 6.23. The van der Waals surface area contributed by atoms with E-state index in [4.69, 9.17) is 0 Å². The Hall–Kier alpha value is -1.65. The minimum absolute atomic E-state index is 0.571. The summed E-state index contributed by atoms with van der Waals surface area (Å²) in [4.78, 5) is 15.6. The van der Waals surface area contributed by atoms with E-state index >= 15 is 0 Å². The monoisotopic (exact) mass is 331 g/mol. The highest BCUT2D eigenvalue weighted by atomic mass is 32.2. The van der Waals surface area contributed by atoms with Gasteiger partial charge in [-0.05, 0) is 26.7 Å². The highest BCUT2D eigenvalue weighted by Gasteiger charge is 2.28. The fourth-order valence-corrected chi connectivity index (χ4v) is 4.13. The molecule has 0 spiro atoms. The van der Waals surface area contributed by atoms with Crippen LogP contribution in [0.3, 0.4) is 0 Å². The molecule has 0 aromatic carbocycles. The Kier molecular flexibility index (Phi) is 4.32. The molecule has 0 N–H and O–H groups in total. The standard InChI is InChI=1S/C15H17N5S2/c1-9-13(6-16)14(18-10(2)17-9)21-7-11-8-22-15(19-11)20(3)12-4-5-12/h8,12H,4-5,7H2,1-3H3. The van der Waals surface area contributed by atoms with Crippen LogP contribution < -0.4 is 4.90 Å². The molecule has 2 aromatic heterocycles. The van der Waals surface area contributed by atoms with E-state index in [1.807, 2.05) is 13.8 Å². The van der Waals surface area contributed by atoms with Crippen LogP contribution in [0.1, 0.15) is 35.6 Å². The van der Waals surface area contributed by atoms with Crippen LogP contribution in [0.5, 0.6) is 0 Å². The Morgan fingerprint density at radius 1 is 1.36 bits per heavy atom. The Balaban J connectivity index is 1.71. The van der Waals surface area contributed by atoms with Crippen molar-refractivity contribution in [2.24, 2.45) is 0 Å². The smallest absolute Gasteiger partial charge is 0.185 e. The van der Waals surface area contributed by atoms with Gasteiger partial charge in [-0.25, -0.2) is 15.0 Å². The number of thiazole rings is 1. The van der Waals surface area contributed by atoms with Crippen LogP contribution in [0.15, 0.2) is 10.4 Å². The fraction of sp³-hybridized carbons (Fsp3) is 0.467. The lowest BCUT2D eigenvalue weighted by atomic mass is 10.3. The summed E-state index contributed by atoms with van der Waals surface area (Å²) >= 11 is 3.24. The molecule has 1 saturated carbocycles. The first kappa shape index (κ1) is 15.3. The minimum atomic E-state index is 0.571. The van der Waals surface area contributed by atoms with Gasteiger partial charge in [0.1, 0.15) is 22.5 Å². The van der Waals surface area contributed by atoms with Crippen LogP contribution in [0.4, 0.5) is 5.13 Å². The molecular weight excluding hydrogens is 314 g/mol. The lowest BCUT2D eigenvalue weighted by Gasteiger charge is -2.13. The van der Waals surface area contributed by atoms with Gasteiger partial charge in [-0.2, -0.15) is 5.26 Å². The number of nitrogens with zero attached hydrogens (tertiary/aromatic N) is 5.